The maximum absolute atomic E-state index is 13.1. The summed E-state index contributed by atoms with van der Waals surface area (Å²) in [6, 6.07) is 13.8. The standard InChI is InChI=1S/C24H22N8O/c1-15-8-20(32-22(15)23(25)27-13-29-32)18-9-19(16(2)26-10-18)24(33)30-21-12-31(14-28-21)11-17-6-4-3-5-7-17/h3-10,12-14H,11H2,1-2H3,(H,30,33)(H2,25,27,29). The number of carbonyl (C=O) groups excluding carboxylic acids is 1. The zero-order valence-corrected chi connectivity index (χ0v) is 18.2. The molecule has 3 N–H and O–H groups in total. The molecule has 0 aliphatic heterocycles. The topological polar surface area (TPSA) is 116 Å². The predicted molar refractivity (Wildman–Crippen MR) is 126 cm³/mol. The average molecular weight is 438 g/mol. The molecule has 1 aromatic carbocycles. The number of hydrogen-bond donors (Lipinski definition) is 2. The molecule has 4 heterocycles. The van der Waals surface area contributed by atoms with Gasteiger partial charge in [0.15, 0.2) is 11.6 Å². The van der Waals surface area contributed by atoms with E-state index in [2.05, 4.69) is 25.4 Å². The fourth-order valence-electron chi connectivity index (χ4n) is 3.85. The van der Waals surface area contributed by atoms with E-state index in [0.29, 0.717) is 29.4 Å². The molecule has 9 heteroatoms. The van der Waals surface area contributed by atoms with Crippen LogP contribution in [0.2, 0.25) is 0 Å². The Kier molecular flexibility index (Phi) is 5.06. The molecule has 0 fully saturated rings. The van der Waals surface area contributed by atoms with Gasteiger partial charge in [-0.1, -0.05) is 30.3 Å². The van der Waals surface area contributed by atoms with Crippen molar-refractivity contribution in [3.8, 4) is 11.3 Å². The SMILES string of the molecule is Cc1ncc(-c2cc(C)c3c(N)ncnn23)cc1C(=O)Nc1cn(Cc2ccccc2)cn1. The Morgan fingerprint density at radius 2 is 1.91 bits per heavy atom. The molecule has 4 aromatic heterocycles. The van der Waals surface area contributed by atoms with Crippen LogP contribution in [-0.4, -0.2) is 35.0 Å². The highest BCUT2D eigenvalue weighted by molar-refractivity contribution is 6.05. The van der Waals surface area contributed by atoms with Gasteiger partial charge in [-0.05, 0) is 37.1 Å². The lowest BCUT2D eigenvalue weighted by atomic mass is 10.1. The number of aryl methyl sites for hydroxylation is 2. The number of aromatic nitrogens is 6. The van der Waals surface area contributed by atoms with Crippen LogP contribution in [0.4, 0.5) is 11.6 Å². The summed E-state index contributed by atoms with van der Waals surface area (Å²) < 4.78 is 3.64. The second-order valence-corrected chi connectivity index (χ2v) is 7.85. The molecule has 0 aliphatic rings. The maximum Gasteiger partial charge on any atom is 0.258 e. The molecule has 0 atom stereocenters. The number of amides is 1. The van der Waals surface area contributed by atoms with Gasteiger partial charge in [0.1, 0.15) is 11.8 Å². The van der Waals surface area contributed by atoms with Crippen LogP contribution < -0.4 is 11.1 Å². The van der Waals surface area contributed by atoms with Crippen LogP contribution in [0.25, 0.3) is 16.8 Å². The minimum Gasteiger partial charge on any atom is -0.382 e. The number of hydrogen-bond acceptors (Lipinski definition) is 6. The Morgan fingerprint density at radius 1 is 1.09 bits per heavy atom. The highest BCUT2D eigenvalue weighted by Crippen LogP contribution is 2.28. The largest absolute Gasteiger partial charge is 0.382 e. The quantitative estimate of drug-likeness (QED) is 0.434. The Morgan fingerprint density at radius 3 is 2.73 bits per heavy atom. The number of pyridine rings is 1. The normalized spacial score (nSPS) is 11.1. The van der Waals surface area contributed by atoms with Crippen molar-refractivity contribution in [3.63, 3.8) is 0 Å². The third-order valence-electron chi connectivity index (χ3n) is 5.48. The minimum absolute atomic E-state index is 0.279. The van der Waals surface area contributed by atoms with Gasteiger partial charge in [0.05, 0.1) is 23.3 Å². The van der Waals surface area contributed by atoms with Gasteiger partial charge in [0.2, 0.25) is 0 Å². The average Bonchev–Trinajstić information content (AvgIpc) is 3.39. The summed E-state index contributed by atoms with van der Waals surface area (Å²) >= 11 is 0. The summed E-state index contributed by atoms with van der Waals surface area (Å²) in [6.07, 6.45) is 6.64. The van der Waals surface area contributed by atoms with Crippen LogP contribution in [0.3, 0.4) is 0 Å². The molecule has 0 saturated heterocycles. The van der Waals surface area contributed by atoms with Crippen LogP contribution in [0, 0.1) is 13.8 Å². The van der Waals surface area contributed by atoms with E-state index in [9.17, 15) is 4.79 Å². The zero-order valence-electron chi connectivity index (χ0n) is 18.2. The molecule has 5 aromatic rings. The van der Waals surface area contributed by atoms with E-state index in [1.165, 1.54) is 6.33 Å². The van der Waals surface area contributed by atoms with Gasteiger partial charge in [0.25, 0.3) is 5.91 Å². The van der Waals surface area contributed by atoms with Crippen LogP contribution in [0.5, 0.6) is 0 Å². The molecule has 0 spiro atoms. The van der Waals surface area contributed by atoms with E-state index >= 15 is 0 Å². The van der Waals surface area contributed by atoms with E-state index in [1.54, 1.807) is 36.2 Å². The Labute approximate surface area is 189 Å². The van der Waals surface area contributed by atoms with Crippen molar-refractivity contribution in [3.05, 3.63) is 89.9 Å². The molecule has 33 heavy (non-hydrogen) atoms. The predicted octanol–water partition coefficient (Wildman–Crippen LogP) is 3.49. The molecule has 1 amide bonds. The molecule has 5 rings (SSSR count). The van der Waals surface area contributed by atoms with Crippen LogP contribution in [-0.2, 0) is 6.54 Å². The fraction of sp³-hybridized carbons (Fsp3) is 0.125. The van der Waals surface area contributed by atoms with E-state index < -0.39 is 0 Å². The van der Waals surface area contributed by atoms with Gasteiger partial charge in [-0.15, -0.1) is 0 Å². The van der Waals surface area contributed by atoms with Crippen LogP contribution >= 0.6 is 0 Å². The van der Waals surface area contributed by atoms with Crippen molar-refractivity contribution >= 4 is 23.1 Å². The first-order valence-electron chi connectivity index (χ1n) is 10.4. The lowest BCUT2D eigenvalue weighted by Gasteiger charge is -2.08. The summed E-state index contributed by atoms with van der Waals surface area (Å²) in [4.78, 5) is 25.9. The first kappa shape index (κ1) is 20.4. The number of anilines is 2. The third kappa shape index (κ3) is 3.91. The number of benzene rings is 1. The monoisotopic (exact) mass is 438 g/mol. The Bertz CT molecular complexity index is 1470. The number of nitrogens with two attached hydrogens (primary N) is 1. The number of fused-ring (bicyclic) bond motifs is 1. The smallest absolute Gasteiger partial charge is 0.258 e. The first-order valence-corrected chi connectivity index (χ1v) is 10.4. The van der Waals surface area contributed by atoms with E-state index in [0.717, 1.165) is 27.9 Å². The first-order chi connectivity index (χ1) is 16.0. The summed E-state index contributed by atoms with van der Waals surface area (Å²) in [6.45, 7) is 4.42. The number of nitrogens with zero attached hydrogens (tertiary/aromatic N) is 6. The summed E-state index contributed by atoms with van der Waals surface area (Å²) in [5, 5.41) is 7.20. The Balaban J connectivity index is 1.41. The van der Waals surface area contributed by atoms with Crippen molar-refractivity contribution in [2.24, 2.45) is 0 Å². The maximum atomic E-state index is 13.1. The van der Waals surface area contributed by atoms with E-state index in [-0.39, 0.29) is 5.91 Å². The van der Waals surface area contributed by atoms with Gasteiger partial charge in [-0.3, -0.25) is 9.78 Å². The second kappa shape index (κ2) is 8.19. The lowest BCUT2D eigenvalue weighted by Crippen LogP contribution is -2.14. The molecule has 0 unspecified atom stereocenters. The molecule has 0 saturated carbocycles. The second-order valence-electron chi connectivity index (χ2n) is 7.85. The van der Waals surface area contributed by atoms with Crippen LogP contribution in [0.15, 0.2) is 67.5 Å². The lowest BCUT2D eigenvalue weighted by molar-refractivity contribution is 0.102. The van der Waals surface area contributed by atoms with E-state index in [1.807, 2.05) is 47.9 Å². The summed E-state index contributed by atoms with van der Waals surface area (Å²) in [5.41, 5.74) is 11.5. The van der Waals surface area contributed by atoms with Crippen molar-refractivity contribution in [2.75, 3.05) is 11.1 Å². The molecular formula is C24H22N8O. The summed E-state index contributed by atoms with van der Waals surface area (Å²) in [5.74, 6) is 0.599. The minimum atomic E-state index is -0.279. The molecule has 0 bridgehead atoms. The number of nitrogens with one attached hydrogen (secondary N) is 1. The molecule has 164 valence electrons. The Hall–Kier alpha value is -4.53. The van der Waals surface area contributed by atoms with Gasteiger partial charge >= 0.3 is 0 Å². The van der Waals surface area contributed by atoms with Crippen molar-refractivity contribution in [2.45, 2.75) is 20.4 Å². The molecular weight excluding hydrogens is 416 g/mol. The number of rotatable bonds is 5. The van der Waals surface area contributed by atoms with Crippen molar-refractivity contribution in [1.82, 2.24) is 29.1 Å². The highest BCUT2D eigenvalue weighted by Gasteiger charge is 2.17. The molecule has 0 radical (unpaired) electrons. The third-order valence-corrected chi connectivity index (χ3v) is 5.48. The summed E-state index contributed by atoms with van der Waals surface area (Å²) in [7, 11) is 0. The highest BCUT2D eigenvalue weighted by atomic mass is 16.1. The van der Waals surface area contributed by atoms with Gasteiger partial charge < -0.3 is 15.6 Å². The van der Waals surface area contributed by atoms with Crippen LogP contribution in [0.1, 0.15) is 27.2 Å². The van der Waals surface area contributed by atoms with E-state index in [4.69, 9.17) is 5.73 Å². The van der Waals surface area contributed by atoms with Gasteiger partial charge in [-0.2, -0.15) is 5.10 Å². The van der Waals surface area contributed by atoms with Gasteiger partial charge in [0, 0.05) is 24.5 Å². The molecule has 9 nitrogen and oxygen atoms in total. The molecule has 0 aliphatic carbocycles. The number of nitrogen functional groups attached to an aromatic ring is 1. The number of carbonyl (C=O) groups is 1. The fourth-order valence-corrected chi connectivity index (χ4v) is 3.85. The van der Waals surface area contributed by atoms with Crippen molar-refractivity contribution in [1.29, 1.82) is 0 Å². The van der Waals surface area contributed by atoms with Gasteiger partial charge in [-0.25, -0.2) is 14.5 Å². The zero-order chi connectivity index (χ0) is 22.9. The van der Waals surface area contributed by atoms with Crippen molar-refractivity contribution < 1.29 is 4.79 Å². The number of imidazole rings is 1.